The highest BCUT2D eigenvalue weighted by atomic mass is 32.1. The standard InChI is InChI=1S/C12H22N2S/c1-6-11(12(3,4)5)13-7-10-9(2)14-8-15-10/h8,11,13H,6-7H2,1-5H3. The summed E-state index contributed by atoms with van der Waals surface area (Å²) in [4.78, 5) is 5.62. The minimum Gasteiger partial charge on any atom is -0.309 e. The predicted molar refractivity (Wildman–Crippen MR) is 67.2 cm³/mol. The van der Waals surface area contributed by atoms with Gasteiger partial charge in [-0.25, -0.2) is 4.98 Å². The molecule has 0 aliphatic rings. The van der Waals surface area contributed by atoms with Crippen LogP contribution in [-0.4, -0.2) is 11.0 Å². The van der Waals surface area contributed by atoms with Gasteiger partial charge in [-0.15, -0.1) is 11.3 Å². The van der Waals surface area contributed by atoms with Crippen LogP contribution in [0.5, 0.6) is 0 Å². The van der Waals surface area contributed by atoms with Crippen LogP contribution in [0.1, 0.15) is 44.7 Å². The lowest BCUT2D eigenvalue weighted by molar-refractivity contribution is 0.260. The Balaban J connectivity index is 2.52. The lowest BCUT2D eigenvalue weighted by Crippen LogP contribution is -2.39. The second-order valence-electron chi connectivity index (χ2n) is 5.07. The minimum absolute atomic E-state index is 0.327. The van der Waals surface area contributed by atoms with Crippen molar-refractivity contribution in [2.75, 3.05) is 0 Å². The summed E-state index contributed by atoms with van der Waals surface area (Å²) >= 11 is 1.74. The van der Waals surface area contributed by atoms with E-state index in [0.717, 1.165) is 12.2 Å². The van der Waals surface area contributed by atoms with Gasteiger partial charge in [-0.2, -0.15) is 0 Å². The maximum atomic E-state index is 4.26. The van der Waals surface area contributed by atoms with Crippen molar-refractivity contribution in [3.8, 4) is 0 Å². The number of aromatic nitrogens is 1. The molecule has 0 saturated heterocycles. The van der Waals surface area contributed by atoms with Crippen LogP contribution in [0.25, 0.3) is 0 Å². The van der Waals surface area contributed by atoms with E-state index in [1.165, 1.54) is 11.3 Å². The quantitative estimate of drug-likeness (QED) is 0.851. The third kappa shape index (κ3) is 3.58. The Morgan fingerprint density at radius 1 is 1.47 bits per heavy atom. The molecule has 0 aliphatic heterocycles. The first-order valence-electron chi connectivity index (χ1n) is 5.57. The van der Waals surface area contributed by atoms with E-state index in [4.69, 9.17) is 0 Å². The van der Waals surface area contributed by atoms with Crippen molar-refractivity contribution < 1.29 is 0 Å². The monoisotopic (exact) mass is 226 g/mol. The Morgan fingerprint density at radius 2 is 2.13 bits per heavy atom. The average Bonchev–Trinajstić information content (AvgIpc) is 2.50. The summed E-state index contributed by atoms with van der Waals surface area (Å²) in [5, 5.41) is 3.62. The Hall–Kier alpha value is -0.410. The smallest absolute Gasteiger partial charge is 0.0798 e. The molecule has 0 aromatic carbocycles. The molecular weight excluding hydrogens is 204 g/mol. The third-order valence-electron chi connectivity index (χ3n) is 2.81. The van der Waals surface area contributed by atoms with Gasteiger partial charge in [-0.05, 0) is 18.8 Å². The fourth-order valence-electron chi connectivity index (χ4n) is 1.77. The zero-order valence-electron chi connectivity index (χ0n) is 10.4. The van der Waals surface area contributed by atoms with Crippen molar-refractivity contribution in [1.29, 1.82) is 0 Å². The summed E-state index contributed by atoms with van der Waals surface area (Å²) in [7, 11) is 0. The summed E-state index contributed by atoms with van der Waals surface area (Å²) in [5.74, 6) is 0. The molecule has 3 heteroatoms. The van der Waals surface area contributed by atoms with Gasteiger partial charge in [0, 0.05) is 17.5 Å². The summed E-state index contributed by atoms with van der Waals surface area (Å²) in [6.07, 6.45) is 1.17. The third-order valence-corrected chi connectivity index (χ3v) is 3.74. The van der Waals surface area contributed by atoms with Gasteiger partial charge in [0.2, 0.25) is 0 Å². The first-order valence-corrected chi connectivity index (χ1v) is 6.45. The fourth-order valence-corrected chi connectivity index (χ4v) is 2.50. The molecule has 0 aliphatic carbocycles. The second kappa shape index (κ2) is 5.08. The van der Waals surface area contributed by atoms with Gasteiger partial charge >= 0.3 is 0 Å². The van der Waals surface area contributed by atoms with Crippen molar-refractivity contribution in [2.24, 2.45) is 5.41 Å². The highest BCUT2D eigenvalue weighted by molar-refractivity contribution is 7.09. The van der Waals surface area contributed by atoms with Crippen molar-refractivity contribution in [3.05, 3.63) is 16.1 Å². The van der Waals surface area contributed by atoms with E-state index in [1.54, 1.807) is 11.3 Å². The van der Waals surface area contributed by atoms with Crippen LogP contribution >= 0.6 is 11.3 Å². The molecule has 1 atom stereocenters. The van der Waals surface area contributed by atoms with Gasteiger partial charge < -0.3 is 5.32 Å². The molecule has 2 nitrogen and oxygen atoms in total. The number of hydrogen-bond acceptors (Lipinski definition) is 3. The number of aryl methyl sites for hydroxylation is 1. The fraction of sp³-hybridized carbons (Fsp3) is 0.750. The molecule has 0 spiro atoms. The van der Waals surface area contributed by atoms with E-state index in [-0.39, 0.29) is 0 Å². The minimum atomic E-state index is 0.327. The highest BCUT2D eigenvalue weighted by Crippen LogP contribution is 2.22. The molecule has 0 amide bonds. The van der Waals surface area contributed by atoms with Crippen LogP contribution in [0.3, 0.4) is 0 Å². The van der Waals surface area contributed by atoms with Crippen molar-refractivity contribution in [2.45, 2.75) is 53.6 Å². The Bertz CT molecular complexity index is 299. The highest BCUT2D eigenvalue weighted by Gasteiger charge is 2.22. The number of nitrogens with one attached hydrogen (secondary N) is 1. The molecule has 1 aromatic rings. The topological polar surface area (TPSA) is 24.9 Å². The van der Waals surface area contributed by atoms with E-state index in [1.807, 2.05) is 5.51 Å². The van der Waals surface area contributed by atoms with Crippen molar-refractivity contribution in [1.82, 2.24) is 10.3 Å². The molecule has 0 bridgehead atoms. The molecule has 0 radical (unpaired) electrons. The Kier molecular flexibility index (Phi) is 4.29. The SMILES string of the molecule is CCC(NCc1scnc1C)C(C)(C)C. The predicted octanol–water partition coefficient (Wildman–Crippen LogP) is 3.37. The van der Waals surface area contributed by atoms with Crippen LogP contribution < -0.4 is 5.32 Å². The molecule has 1 heterocycles. The van der Waals surface area contributed by atoms with Crippen LogP contribution in [-0.2, 0) is 6.54 Å². The maximum absolute atomic E-state index is 4.26. The van der Waals surface area contributed by atoms with Crippen molar-refractivity contribution >= 4 is 11.3 Å². The van der Waals surface area contributed by atoms with Gasteiger partial charge in [0.25, 0.3) is 0 Å². The Labute approximate surface area is 97.1 Å². The van der Waals surface area contributed by atoms with E-state index in [2.05, 4.69) is 44.9 Å². The summed E-state index contributed by atoms with van der Waals surface area (Å²) in [5.41, 5.74) is 3.41. The van der Waals surface area contributed by atoms with Gasteiger partial charge in [0.05, 0.1) is 11.2 Å². The van der Waals surface area contributed by atoms with E-state index >= 15 is 0 Å². The van der Waals surface area contributed by atoms with Crippen LogP contribution in [0.2, 0.25) is 0 Å². The number of hydrogen-bond donors (Lipinski definition) is 1. The number of nitrogens with zero attached hydrogens (tertiary/aromatic N) is 1. The van der Waals surface area contributed by atoms with Gasteiger partial charge in [0.1, 0.15) is 0 Å². The van der Waals surface area contributed by atoms with Gasteiger partial charge in [-0.1, -0.05) is 27.7 Å². The molecule has 1 aromatic heterocycles. The molecule has 15 heavy (non-hydrogen) atoms. The number of rotatable bonds is 4. The average molecular weight is 226 g/mol. The zero-order valence-corrected chi connectivity index (χ0v) is 11.2. The lowest BCUT2D eigenvalue weighted by atomic mass is 9.85. The normalized spacial score (nSPS) is 14.2. The molecule has 1 N–H and O–H groups in total. The first kappa shape index (κ1) is 12.7. The molecule has 86 valence electrons. The second-order valence-corrected chi connectivity index (χ2v) is 6.01. The maximum Gasteiger partial charge on any atom is 0.0798 e. The van der Waals surface area contributed by atoms with Crippen LogP contribution in [0.4, 0.5) is 0 Å². The van der Waals surface area contributed by atoms with Gasteiger partial charge in [-0.3, -0.25) is 0 Å². The zero-order chi connectivity index (χ0) is 11.5. The molecular formula is C12H22N2S. The number of thiazole rings is 1. The molecule has 1 rings (SSSR count). The van der Waals surface area contributed by atoms with Crippen molar-refractivity contribution in [3.63, 3.8) is 0 Å². The van der Waals surface area contributed by atoms with Gasteiger partial charge in [0.15, 0.2) is 0 Å². The van der Waals surface area contributed by atoms with Crippen LogP contribution in [0.15, 0.2) is 5.51 Å². The summed E-state index contributed by atoms with van der Waals surface area (Å²) in [6.45, 7) is 12.1. The van der Waals surface area contributed by atoms with E-state index in [0.29, 0.717) is 11.5 Å². The molecule has 0 saturated carbocycles. The lowest BCUT2D eigenvalue weighted by Gasteiger charge is -2.30. The largest absolute Gasteiger partial charge is 0.309 e. The molecule has 0 fully saturated rings. The van der Waals surface area contributed by atoms with Crippen LogP contribution in [0, 0.1) is 12.3 Å². The first-order chi connectivity index (χ1) is 6.95. The summed E-state index contributed by atoms with van der Waals surface area (Å²) in [6, 6.07) is 0.569. The molecule has 1 unspecified atom stereocenters. The van der Waals surface area contributed by atoms with E-state index < -0.39 is 0 Å². The van der Waals surface area contributed by atoms with E-state index in [9.17, 15) is 0 Å². The Morgan fingerprint density at radius 3 is 2.53 bits per heavy atom. The summed E-state index contributed by atoms with van der Waals surface area (Å²) < 4.78 is 0.